The van der Waals surface area contributed by atoms with E-state index in [2.05, 4.69) is 180 Å². The quantitative estimate of drug-likeness (QED) is 0.169. The fourth-order valence-electron chi connectivity index (χ4n) is 8.21. The van der Waals surface area contributed by atoms with Crippen LogP contribution in [-0.2, 0) is 5.41 Å². The number of nitrogens with zero attached hydrogens (tertiary/aromatic N) is 3. The third-order valence-corrected chi connectivity index (χ3v) is 10.8. The number of aromatic nitrogens is 2. The smallest absolute Gasteiger partial charge is 0.140 e. The normalized spacial score (nSPS) is 14.7. The summed E-state index contributed by atoms with van der Waals surface area (Å²) in [4.78, 5) is 11.0. The van der Waals surface area contributed by atoms with Crippen LogP contribution in [0, 0.1) is 0 Å². The van der Waals surface area contributed by atoms with Crippen LogP contribution in [-0.4, -0.2) is 9.97 Å². The van der Waals surface area contributed by atoms with Crippen molar-refractivity contribution in [2.45, 2.75) is 32.1 Å². The molecule has 0 N–H and O–H groups in total. The van der Waals surface area contributed by atoms with E-state index in [-0.39, 0.29) is 5.41 Å². The van der Waals surface area contributed by atoms with E-state index in [1.807, 2.05) is 12.1 Å². The van der Waals surface area contributed by atoms with Crippen molar-refractivity contribution < 1.29 is 0 Å². The van der Waals surface area contributed by atoms with Crippen molar-refractivity contribution in [3.05, 3.63) is 198 Å². The van der Waals surface area contributed by atoms with Gasteiger partial charge in [0.05, 0.1) is 0 Å². The van der Waals surface area contributed by atoms with Crippen LogP contribution < -0.4 is 4.90 Å². The Kier molecular flexibility index (Phi) is 7.97. The summed E-state index contributed by atoms with van der Waals surface area (Å²) in [5.74, 6) is 0.849. The molecule has 0 fully saturated rings. The van der Waals surface area contributed by atoms with Gasteiger partial charge in [-0.2, -0.15) is 0 Å². The minimum Gasteiger partial charge on any atom is -0.295 e. The molecule has 0 saturated carbocycles. The Bertz CT molecular complexity index is 2430. The summed E-state index contributed by atoms with van der Waals surface area (Å²) in [6.07, 6.45) is 12.6. The van der Waals surface area contributed by atoms with E-state index in [1.165, 1.54) is 66.4 Å². The van der Waals surface area contributed by atoms with Gasteiger partial charge in [-0.15, -0.1) is 0 Å². The fraction of sp³-hybridized carbons (Fsp3) is 0.102. The third-order valence-electron chi connectivity index (χ3n) is 10.8. The second-order valence-corrected chi connectivity index (χ2v) is 14.2. The van der Waals surface area contributed by atoms with Crippen LogP contribution in [0.2, 0.25) is 0 Å². The van der Waals surface area contributed by atoms with Gasteiger partial charge < -0.3 is 0 Å². The van der Waals surface area contributed by atoms with Crippen molar-refractivity contribution in [2.24, 2.45) is 0 Å². The lowest BCUT2D eigenvalue weighted by atomic mass is 9.78. The molecule has 0 unspecified atom stereocenters. The highest BCUT2D eigenvalue weighted by Gasteiger charge is 2.38. The molecule has 1 aromatic heterocycles. The van der Waals surface area contributed by atoms with Gasteiger partial charge in [0.25, 0.3) is 0 Å². The highest BCUT2D eigenvalue weighted by Crippen LogP contribution is 2.52. The van der Waals surface area contributed by atoms with Crippen LogP contribution in [0.3, 0.4) is 0 Å². The number of para-hydroxylation sites is 1. The summed E-state index contributed by atoms with van der Waals surface area (Å²) < 4.78 is 0. The molecule has 3 heteroatoms. The van der Waals surface area contributed by atoms with Crippen LogP contribution in [0.1, 0.15) is 43.4 Å². The zero-order chi connectivity index (χ0) is 35.1. The molecule has 2 aliphatic carbocycles. The number of benzene rings is 6. The van der Waals surface area contributed by atoms with Crippen molar-refractivity contribution in [3.63, 3.8) is 0 Å². The molecule has 3 nitrogen and oxygen atoms in total. The van der Waals surface area contributed by atoms with Gasteiger partial charge in [0, 0.05) is 23.0 Å². The molecular weight excluding hydrogens is 631 g/mol. The van der Waals surface area contributed by atoms with E-state index in [9.17, 15) is 0 Å². The summed E-state index contributed by atoms with van der Waals surface area (Å²) >= 11 is 0. The second kappa shape index (κ2) is 13.1. The van der Waals surface area contributed by atoms with Crippen molar-refractivity contribution in [2.75, 3.05) is 4.90 Å². The van der Waals surface area contributed by atoms with Crippen LogP contribution >= 0.6 is 0 Å². The van der Waals surface area contributed by atoms with E-state index in [0.29, 0.717) is 0 Å². The summed E-state index contributed by atoms with van der Waals surface area (Å²) in [5, 5.41) is 2.56. The van der Waals surface area contributed by atoms with Crippen molar-refractivity contribution in [1.29, 1.82) is 0 Å². The molecule has 9 rings (SSSR count). The first kappa shape index (κ1) is 31.6. The maximum atomic E-state index is 4.64. The zero-order valence-electron chi connectivity index (χ0n) is 29.5. The predicted molar refractivity (Wildman–Crippen MR) is 218 cm³/mol. The first-order valence-electron chi connectivity index (χ1n) is 18.1. The Morgan fingerprint density at radius 3 is 2.02 bits per heavy atom. The lowest BCUT2D eigenvalue weighted by molar-refractivity contribution is 0.650. The third kappa shape index (κ3) is 5.56. The molecule has 1 heterocycles. The zero-order valence-corrected chi connectivity index (χ0v) is 29.5. The van der Waals surface area contributed by atoms with Crippen LogP contribution in [0.15, 0.2) is 181 Å². The van der Waals surface area contributed by atoms with Gasteiger partial charge in [-0.1, -0.05) is 147 Å². The summed E-state index contributed by atoms with van der Waals surface area (Å²) in [6.45, 7) is 4.75. The molecule has 0 amide bonds. The number of allylic oxidation sites excluding steroid dienone is 5. The lowest BCUT2D eigenvalue weighted by Crippen LogP contribution is -2.18. The highest BCUT2D eigenvalue weighted by atomic mass is 15.2. The molecule has 0 saturated heterocycles. The van der Waals surface area contributed by atoms with Gasteiger partial charge in [-0.3, -0.25) is 4.90 Å². The van der Waals surface area contributed by atoms with Gasteiger partial charge >= 0.3 is 0 Å². The van der Waals surface area contributed by atoms with Gasteiger partial charge in [-0.05, 0) is 110 Å². The molecule has 0 atom stereocenters. The summed E-state index contributed by atoms with van der Waals surface area (Å²) in [6, 6.07) is 52.2. The first-order chi connectivity index (χ1) is 25.6. The molecule has 0 bridgehead atoms. The average molecular weight is 670 g/mol. The molecule has 52 heavy (non-hydrogen) atoms. The second-order valence-electron chi connectivity index (χ2n) is 14.2. The summed E-state index contributed by atoms with van der Waals surface area (Å²) in [7, 11) is 0. The van der Waals surface area contributed by atoms with Crippen molar-refractivity contribution in [1.82, 2.24) is 9.97 Å². The van der Waals surface area contributed by atoms with E-state index < -0.39 is 0 Å². The van der Waals surface area contributed by atoms with Crippen LogP contribution in [0.25, 0.3) is 44.7 Å². The molecule has 6 aromatic carbocycles. The molecule has 7 aromatic rings. The van der Waals surface area contributed by atoms with Gasteiger partial charge in [0.2, 0.25) is 0 Å². The number of anilines is 3. The van der Waals surface area contributed by atoms with E-state index >= 15 is 0 Å². The molecule has 0 aliphatic heterocycles. The van der Waals surface area contributed by atoms with Crippen LogP contribution in [0.5, 0.6) is 0 Å². The summed E-state index contributed by atoms with van der Waals surface area (Å²) in [5.41, 5.74) is 15.2. The number of fused-ring (bicyclic) bond motifs is 3. The van der Waals surface area contributed by atoms with Crippen molar-refractivity contribution in [3.8, 4) is 22.3 Å². The Labute approximate surface area is 306 Å². The topological polar surface area (TPSA) is 29.0 Å². The SMILES string of the molecule is CC1(C)C2=C(CCC(/C=C/c3ccc(-c4ccccc4)c4c(-c5ccccc5)cccc34)=C2)c2ccc(N(c3ccccc3)c3ccncn3)cc21. The van der Waals surface area contributed by atoms with E-state index in [0.717, 1.165) is 30.0 Å². The lowest BCUT2D eigenvalue weighted by Gasteiger charge is -2.28. The highest BCUT2D eigenvalue weighted by molar-refractivity contribution is 6.09. The van der Waals surface area contributed by atoms with Gasteiger partial charge in [0.1, 0.15) is 12.1 Å². The minimum absolute atomic E-state index is 0.136. The Hall–Kier alpha value is -6.32. The fourth-order valence-corrected chi connectivity index (χ4v) is 8.21. The Balaban J connectivity index is 1.08. The van der Waals surface area contributed by atoms with Crippen LogP contribution in [0.4, 0.5) is 17.2 Å². The first-order valence-corrected chi connectivity index (χ1v) is 18.1. The average Bonchev–Trinajstić information content (AvgIpc) is 3.43. The van der Waals surface area contributed by atoms with E-state index in [4.69, 9.17) is 0 Å². The van der Waals surface area contributed by atoms with Crippen molar-refractivity contribution >= 4 is 39.6 Å². The number of hydrogen-bond acceptors (Lipinski definition) is 3. The number of hydrogen-bond donors (Lipinski definition) is 0. The van der Waals surface area contributed by atoms with E-state index in [1.54, 1.807) is 12.5 Å². The Morgan fingerprint density at radius 1 is 0.615 bits per heavy atom. The Morgan fingerprint density at radius 2 is 1.31 bits per heavy atom. The van der Waals surface area contributed by atoms with Gasteiger partial charge in [0.15, 0.2) is 0 Å². The maximum Gasteiger partial charge on any atom is 0.140 e. The predicted octanol–water partition coefficient (Wildman–Crippen LogP) is 12.9. The molecular formula is C49H39N3. The van der Waals surface area contributed by atoms with Gasteiger partial charge in [-0.25, -0.2) is 9.97 Å². The minimum atomic E-state index is -0.136. The largest absolute Gasteiger partial charge is 0.295 e. The molecule has 0 radical (unpaired) electrons. The molecule has 0 spiro atoms. The molecule has 2 aliphatic rings. The standard InChI is InChI=1S/C49H39N3/c1-49(2)45-31-34(22-26-43(45)44-28-25-39(32-46(44)49)52(38-17-10-5-11-18-38)47-29-30-50-33-51-47)21-23-37-24-27-42(36-15-8-4-9-16-36)48-40(19-12-20-41(37)48)35-13-6-3-7-14-35/h3-21,23-25,27-33H,22,26H2,1-2H3/b23-21+. The molecule has 250 valence electrons. The maximum absolute atomic E-state index is 4.64. The monoisotopic (exact) mass is 669 g/mol. The number of rotatable bonds is 7.